The molecule has 2 heterocycles. The number of anilines is 1. The molecule has 0 bridgehead atoms. The molecule has 0 aliphatic carbocycles. The second-order valence-electron chi connectivity index (χ2n) is 6.81. The van der Waals surface area contributed by atoms with Crippen molar-refractivity contribution in [3.63, 3.8) is 0 Å². The van der Waals surface area contributed by atoms with Gasteiger partial charge in [0.1, 0.15) is 11.3 Å². The van der Waals surface area contributed by atoms with E-state index in [1.807, 2.05) is 55.4 Å². The van der Waals surface area contributed by atoms with Crippen LogP contribution in [0.4, 0.5) is 5.69 Å². The topological polar surface area (TPSA) is 89.7 Å². The highest BCUT2D eigenvalue weighted by Gasteiger charge is 2.14. The molecule has 7 heteroatoms. The van der Waals surface area contributed by atoms with Gasteiger partial charge in [-0.1, -0.05) is 6.07 Å². The van der Waals surface area contributed by atoms with Gasteiger partial charge in [-0.15, -0.1) is 0 Å². The Morgan fingerprint density at radius 1 is 1.14 bits per heavy atom. The molecule has 2 aromatic carbocycles. The number of carbonyl (C=O) groups excluding carboxylic acids is 1. The molecule has 4 rings (SSSR count). The maximum atomic E-state index is 12.7. The molecule has 4 aromatic rings. The Bertz CT molecular complexity index is 1080. The van der Waals surface area contributed by atoms with Crippen LogP contribution in [0, 0.1) is 0 Å². The van der Waals surface area contributed by atoms with Crippen molar-refractivity contribution < 1.29 is 4.79 Å². The first-order chi connectivity index (χ1) is 13.6. The Hall–Kier alpha value is -3.61. The summed E-state index contributed by atoms with van der Waals surface area (Å²) in [6, 6.07) is 13.7. The van der Waals surface area contributed by atoms with E-state index in [0.717, 1.165) is 28.3 Å². The fourth-order valence-electron chi connectivity index (χ4n) is 3.10. The molecule has 0 unspecified atom stereocenters. The van der Waals surface area contributed by atoms with Gasteiger partial charge in [-0.25, -0.2) is 9.97 Å². The number of imidazole rings is 2. The summed E-state index contributed by atoms with van der Waals surface area (Å²) in [4.78, 5) is 29.7. The zero-order valence-corrected chi connectivity index (χ0v) is 15.9. The first-order valence-electron chi connectivity index (χ1n) is 9.14. The smallest absolute Gasteiger partial charge is 0.253 e. The second kappa shape index (κ2) is 7.56. The van der Waals surface area contributed by atoms with Crippen LogP contribution in [-0.4, -0.2) is 46.5 Å². The number of nitrogens with one attached hydrogen (secondary N) is 3. The second-order valence-corrected chi connectivity index (χ2v) is 6.81. The average Bonchev–Trinajstić information content (AvgIpc) is 3.37. The van der Waals surface area contributed by atoms with E-state index in [1.54, 1.807) is 18.6 Å². The highest BCUT2D eigenvalue weighted by atomic mass is 16.1. The number of nitrogens with zero attached hydrogens (tertiary/aromatic N) is 3. The maximum absolute atomic E-state index is 12.7. The predicted molar refractivity (Wildman–Crippen MR) is 110 cm³/mol. The lowest BCUT2D eigenvalue weighted by atomic mass is 10.1. The monoisotopic (exact) mass is 374 g/mol. The number of carbonyl (C=O) groups is 1. The van der Waals surface area contributed by atoms with Crippen molar-refractivity contribution in [2.75, 3.05) is 25.5 Å². The third-order valence-corrected chi connectivity index (χ3v) is 4.65. The highest BCUT2D eigenvalue weighted by molar-refractivity contribution is 6.05. The number of rotatable bonds is 6. The van der Waals surface area contributed by atoms with Crippen molar-refractivity contribution in [3.8, 4) is 11.4 Å². The maximum Gasteiger partial charge on any atom is 0.253 e. The minimum atomic E-state index is -0.133. The normalized spacial score (nSPS) is 10.9. The largest absolute Gasteiger partial charge is 0.378 e. The van der Waals surface area contributed by atoms with Crippen LogP contribution in [-0.2, 0) is 6.42 Å². The lowest BCUT2D eigenvalue weighted by Gasteiger charge is -2.12. The number of hydrogen-bond acceptors (Lipinski definition) is 4. The van der Waals surface area contributed by atoms with Gasteiger partial charge in [-0.05, 0) is 36.4 Å². The van der Waals surface area contributed by atoms with Crippen LogP contribution in [0.25, 0.3) is 22.4 Å². The summed E-state index contributed by atoms with van der Waals surface area (Å²) in [5.41, 5.74) is 5.17. The Morgan fingerprint density at radius 2 is 1.96 bits per heavy atom. The Kier molecular flexibility index (Phi) is 4.80. The van der Waals surface area contributed by atoms with E-state index >= 15 is 0 Å². The van der Waals surface area contributed by atoms with Gasteiger partial charge in [-0.3, -0.25) is 4.79 Å². The minimum Gasteiger partial charge on any atom is -0.378 e. The molecule has 142 valence electrons. The molecule has 0 atom stereocenters. The molecule has 0 radical (unpaired) electrons. The van der Waals surface area contributed by atoms with Gasteiger partial charge >= 0.3 is 0 Å². The Labute approximate surface area is 162 Å². The fraction of sp³-hybridized carbons (Fsp3) is 0.190. The zero-order valence-electron chi connectivity index (χ0n) is 15.9. The molecule has 0 spiro atoms. The Morgan fingerprint density at radius 3 is 2.68 bits per heavy atom. The molecule has 0 fully saturated rings. The quantitative estimate of drug-likeness (QED) is 0.484. The molecule has 28 heavy (non-hydrogen) atoms. The van der Waals surface area contributed by atoms with E-state index in [4.69, 9.17) is 4.98 Å². The number of fused-ring (bicyclic) bond motifs is 1. The van der Waals surface area contributed by atoms with E-state index in [-0.39, 0.29) is 5.91 Å². The first kappa shape index (κ1) is 17.8. The van der Waals surface area contributed by atoms with Crippen molar-refractivity contribution in [2.24, 2.45) is 0 Å². The minimum absolute atomic E-state index is 0.133. The van der Waals surface area contributed by atoms with E-state index in [1.165, 1.54) is 0 Å². The number of amides is 1. The SMILES string of the molecule is CN(C)c1ccc(-c2nc3c(C(=O)NCCc4cnc[nH]4)cccc3[nH]2)cc1. The van der Waals surface area contributed by atoms with E-state index in [0.29, 0.717) is 24.0 Å². The van der Waals surface area contributed by atoms with E-state index in [9.17, 15) is 4.79 Å². The van der Waals surface area contributed by atoms with Gasteiger partial charge in [0.15, 0.2) is 0 Å². The van der Waals surface area contributed by atoms with Gasteiger partial charge in [-0.2, -0.15) is 0 Å². The Balaban J connectivity index is 1.55. The van der Waals surface area contributed by atoms with Gasteiger partial charge in [0.25, 0.3) is 5.91 Å². The van der Waals surface area contributed by atoms with E-state index in [2.05, 4.69) is 20.3 Å². The third kappa shape index (κ3) is 3.59. The van der Waals surface area contributed by atoms with Crippen LogP contribution in [0.5, 0.6) is 0 Å². The van der Waals surface area contributed by atoms with Crippen molar-refractivity contribution in [1.82, 2.24) is 25.3 Å². The average molecular weight is 374 g/mol. The highest BCUT2D eigenvalue weighted by Crippen LogP contribution is 2.24. The van der Waals surface area contributed by atoms with Crippen LogP contribution in [0.2, 0.25) is 0 Å². The number of benzene rings is 2. The van der Waals surface area contributed by atoms with Crippen LogP contribution >= 0.6 is 0 Å². The molecule has 7 nitrogen and oxygen atoms in total. The number of para-hydroxylation sites is 1. The fourth-order valence-corrected chi connectivity index (χ4v) is 3.10. The lowest BCUT2D eigenvalue weighted by Crippen LogP contribution is -2.26. The van der Waals surface area contributed by atoms with Crippen molar-refractivity contribution >= 4 is 22.6 Å². The molecule has 0 saturated carbocycles. The summed E-state index contributed by atoms with van der Waals surface area (Å²) in [5, 5.41) is 2.95. The van der Waals surface area contributed by atoms with E-state index < -0.39 is 0 Å². The summed E-state index contributed by atoms with van der Waals surface area (Å²) in [7, 11) is 4.01. The predicted octanol–water partition coefficient (Wildman–Crippen LogP) is 2.99. The summed E-state index contributed by atoms with van der Waals surface area (Å²) in [6.45, 7) is 0.528. The van der Waals surface area contributed by atoms with Gasteiger partial charge in [0.2, 0.25) is 0 Å². The molecule has 2 aromatic heterocycles. The van der Waals surface area contributed by atoms with Crippen LogP contribution in [0.3, 0.4) is 0 Å². The van der Waals surface area contributed by atoms with Gasteiger partial charge in [0.05, 0.1) is 17.4 Å². The molecule has 0 aliphatic heterocycles. The first-order valence-corrected chi connectivity index (χ1v) is 9.14. The molecule has 0 aliphatic rings. The van der Waals surface area contributed by atoms with Crippen LogP contribution in [0.15, 0.2) is 55.0 Å². The summed E-state index contributed by atoms with van der Waals surface area (Å²) < 4.78 is 0. The lowest BCUT2D eigenvalue weighted by molar-refractivity contribution is 0.0955. The standard InChI is InChI=1S/C21H22N6O/c1-27(2)16-8-6-14(7-9-16)20-25-18-5-3-4-17(19(18)26-20)21(28)23-11-10-15-12-22-13-24-15/h3-9,12-13H,10-11H2,1-2H3,(H,22,24)(H,23,28)(H,25,26). The zero-order chi connectivity index (χ0) is 19.5. The summed E-state index contributed by atoms with van der Waals surface area (Å²) >= 11 is 0. The van der Waals surface area contributed by atoms with Crippen molar-refractivity contribution in [1.29, 1.82) is 0 Å². The third-order valence-electron chi connectivity index (χ3n) is 4.65. The molecule has 1 amide bonds. The molecule has 0 saturated heterocycles. The van der Waals surface area contributed by atoms with Crippen molar-refractivity contribution in [2.45, 2.75) is 6.42 Å². The van der Waals surface area contributed by atoms with Crippen LogP contribution < -0.4 is 10.2 Å². The number of H-pyrrole nitrogens is 2. The number of hydrogen-bond donors (Lipinski definition) is 3. The number of aromatic amines is 2. The summed E-state index contributed by atoms with van der Waals surface area (Å²) in [6.07, 6.45) is 4.09. The summed E-state index contributed by atoms with van der Waals surface area (Å²) in [5.74, 6) is 0.615. The number of aromatic nitrogens is 4. The van der Waals surface area contributed by atoms with Gasteiger partial charge < -0.3 is 20.2 Å². The van der Waals surface area contributed by atoms with Gasteiger partial charge in [0, 0.05) is 50.2 Å². The molecular formula is C21H22N6O. The van der Waals surface area contributed by atoms with Crippen molar-refractivity contribution in [3.05, 3.63) is 66.2 Å². The molecule has 3 N–H and O–H groups in total. The van der Waals surface area contributed by atoms with Crippen LogP contribution in [0.1, 0.15) is 16.1 Å². The molecular weight excluding hydrogens is 352 g/mol.